The predicted molar refractivity (Wildman–Crippen MR) is 41.8 cm³/mol. The summed E-state index contributed by atoms with van der Waals surface area (Å²) in [6.45, 7) is 6.58. The van der Waals surface area contributed by atoms with E-state index in [9.17, 15) is 4.57 Å². The molecule has 0 spiro atoms. The summed E-state index contributed by atoms with van der Waals surface area (Å²) in [5.41, 5.74) is 0. The van der Waals surface area contributed by atoms with Crippen LogP contribution in [-0.4, -0.2) is 0 Å². The van der Waals surface area contributed by atoms with E-state index in [1.54, 1.807) is 0 Å². The summed E-state index contributed by atoms with van der Waals surface area (Å²) < 4.78 is 10.8. The number of hydrogen-bond acceptors (Lipinski definition) is 1. The van der Waals surface area contributed by atoms with Crippen LogP contribution in [0.2, 0.25) is 15.8 Å². The molecule has 1 nitrogen and oxygen atoms in total. The van der Waals surface area contributed by atoms with E-state index in [4.69, 9.17) is 0 Å². The van der Waals surface area contributed by atoms with Crippen LogP contribution in [-0.2, 0) is 17.2 Å². The number of rotatable bonds is 4. The Hall–Kier alpha value is 0.762. The van der Waals surface area contributed by atoms with Gasteiger partial charge in [-0.15, -0.1) is 0 Å². The Labute approximate surface area is 61.3 Å². The summed E-state index contributed by atoms with van der Waals surface area (Å²) >= 11 is -1.33. The molecule has 0 radical (unpaired) electrons. The summed E-state index contributed by atoms with van der Waals surface area (Å²) in [7, 11) is -0.424. The zero-order chi connectivity index (χ0) is 7.33. The van der Waals surface area contributed by atoms with Gasteiger partial charge in [0.25, 0.3) is 0 Å². The van der Waals surface area contributed by atoms with Gasteiger partial charge in [-0.3, -0.25) is 0 Å². The van der Waals surface area contributed by atoms with Gasteiger partial charge in [0.1, 0.15) is 0 Å². The molecule has 1 unspecified atom stereocenters. The molecule has 9 heavy (non-hydrogen) atoms. The Bertz CT molecular complexity index is 82.8. The van der Waals surface area contributed by atoms with Crippen molar-refractivity contribution >= 4 is 7.11 Å². The first-order chi connectivity index (χ1) is 4.24. The van der Waals surface area contributed by atoms with E-state index >= 15 is 0 Å². The third kappa shape index (κ3) is 2.46. The SMILES string of the molecule is C[CH2][Cr]([CH2]C)([CH2]C)[PH2]=O. The molecule has 0 aliphatic rings. The Kier molecular flexibility index (Phi) is 4.94. The quantitative estimate of drug-likeness (QED) is 0.619. The van der Waals surface area contributed by atoms with Crippen LogP contribution in [0, 0.1) is 0 Å². The van der Waals surface area contributed by atoms with E-state index in [1.807, 2.05) is 0 Å². The molecule has 0 fully saturated rings. The molecule has 0 heterocycles. The zero-order valence-electron chi connectivity index (χ0n) is 6.52. The van der Waals surface area contributed by atoms with Crippen LogP contribution in [0.5, 0.6) is 0 Å². The van der Waals surface area contributed by atoms with Gasteiger partial charge < -0.3 is 0 Å². The molecule has 0 N–H and O–H groups in total. The first kappa shape index (κ1) is 9.76. The first-order valence-corrected chi connectivity index (χ1v) is 9.31. The average Bonchev–Trinajstić information content (AvgIpc) is 1.95. The third-order valence-electron chi connectivity index (χ3n) is 1.93. The van der Waals surface area contributed by atoms with Crippen LogP contribution >= 0.6 is 7.11 Å². The van der Waals surface area contributed by atoms with E-state index in [1.165, 1.54) is 15.8 Å². The molecule has 58 valence electrons. The molecule has 0 aliphatic carbocycles. The van der Waals surface area contributed by atoms with Crippen LogP contribution in [0.3, 0.4) is 0 Å². The van der Waals surface area contributed by atoms with E-state index in [-0.39, 0.29) is 0 Å². The van der Waals surface area contributed by atoms with E-state index in [0.717, 1.165) is 0 Å². The molecule has 0 saturated heterocycles. The van der Waals surface area contributed by atoms with Gasteiger partial charge in [0.15, 0.2) is 0 Å². The van der Waals surface area contributed by atoms with Crippen molar-refractivity contribution in [1.29, 1.82) is 0 Å². The number of hydrogen-bond donors (Lipinski definition) is 0. The molecule has 0 amide bonds. The van der Waals surface area contributed by atoms with Crippen molar-refractivity contribution in [3.63, 3.8) is 0 Å². The van der Waals surface area contributed by atoms with Gasteiger partial charge in [0.2, 0.25) is 0 Å². The first-order valence-electron chi connectivity index (χ1n) is 3.46. The normalized spacial score (nSPS) is 15.0. The molecule has 0 bridgehead atoms. The van der Waals surface area contributed by atoms with Crippen molar-refractivity contribution in [2.24, 2.45) is 0 Å². The van der Waals surface area contributed by atoms with Crippen molar-refractivity contribution in [2.45, 2.75) is 36.6 Å². The molecular formula is C6H17CrOP. The van der Waals surface area contributed by atoms with Gasteiger partial charge >= 0.3 is 60.9 Å². The van der Waals surface area contributed by atoms with Crippen LogP contribution in [0.4, 0.5) is 0 Å². The van der Waals surface area contributed by atoms with Crippen LogP contribution in [0.15, 0.2) is 0 Å². The molecule has 0 saturated carbocycles. The fraction of sp³-hybridized carbons (Fsp3) is 1.00. The van der Waals surface area contributed by atoms with Crippen molar-refractivity contribution in [1.82, 2.24) is 0 Å². The van der Waals surface area contributed by atoms with Crippen molar-refractivity contribution in [2.75, 3.05) is 0 Å². The minimum atomic E-state index is -1.33. The fourth-order valence-electron chi connectivity index (χ4n) is 0.816. The fourth-order valence-corrected chi connectivity index (χ4v) is 5.05. The second-order valence-corrected chi connectivity index (χ2v) is 13.5. The van der Waals surface area contributed by atoms with Crippen LogP contribution in [0.1, 0.15) is 20.8 Å². The second kappa shape index (κ2) is 4.56. The molecule has 3 heteroatoms. The predicted octanol–water partition coefficient (Wildman–Crippen LogP) is 3.13. The Morgan fingerprint density at radius 2 is 1.44 bits per heavy atom. The molecule has 0 aromatic heterocycles. The summed E-state index contributed by atoms with van der Waals surface area (Å²) in [6.07, 6.45) is 0. The average molecular weight is 188 g/mol. The Balaban J connectivity index is 3.98. The van der Waals surface area contributed by atoms with Crippen LogP contribution in [0.25, 0.3) is 0 Å². The standard InChI is InChI=1S/3C2H5.Cr.H2OP/c3*1-2;;1-2/h3*1H2,2H3;;2H2/q;;;-1;+1. The molecule has 0 aliphatic heterocycles. The van der Waals surface area contributed by atoms with Crippen LogP contribution < -0.4 is 0 Å². The summed E-state index contributed by atoms with van der Waals surface area (Å²) in [6, 6.07) is 0. The van der Waals surface area contributed by atoms with E-state index in [2.05, 4.69) is 20.8 Å². The maximum absolute atomic E-state index is 10.8. The Morgan fingerprint density at radius 3 is 1.44 bits per heavy atom. The van der Waals surface area contributed by atoms with Gasteiger partial charge in [-0.25, -0.2) is 0 Å². The van der Waals surface area contributed by atoms with Gasteiger partial charge in [0, 0.05) is 0 Å². The zero-order valence-corrected chi connectivity index (χ0v) is 8.94. The van der Waals surface area contributed by atoms with Crippen molar-refractivity contribution in [3.8, 4) is 0 Å². The van der Waals surface area contributed by atoms with Gasteiger partial charge in [0.05, 0.1) is 0 Å². The second-order valence-electron chi connectivity index (χ2n) is 2.07. The monoisotopic (exact) mass is 188 g/mol. The summed E-state index contributed by atoms with van der Waals surface area (Å²) in [5, 5.41) is 3.67. The topological polar surface area (TPSA) is 17.1 Å². The van der Waals surface area contributed by atoms with E-state index < -0.39 is 19.7 Å². The van der Waals surface area contributed by atoms with Crippen molar-refractivity contribution < 1.29 is 17.2 Å². The molecule has 1 atom stereocenters. The summed E-state index contributed by atoms with van der Waals surface area (Å²) in [4.78, 5) is 0. The van der Waals surface area contributed by atoms with Gasteiger partial charge in [-0.2, -0.15) is 0 Å². The Morgan fingerprint density at radius 1 is 1.11 bits per heavy atom. The third-order valence-corrected chi connectivity index (χ3v) is 13.8. The van der Waals surface area contributed by atoms with E-state index in [0.29, 0.717) is 0 Å². The van der Waals surface area contributed by atoms with Gasteiger partial charge in [-0.05, 0) is 0 Å². The van der Waals surface area contributed by atoms with Gasteiger partial charge in [-0.1, -0.05) is 0 Å². The molecule has 0 aromatic carbocycles. The summed E-state index contributed by atoms with van der Waals surface area (Å²) in [5.74, 6) is 0. The van der Waals surface area contributed by atoms with Crippen molar-refractivity contribution in [3.05, 3.63) is 0 Å². The minimum absolute atomic E-state index is 0.424. The molecule has 0 rings (SSSR count). The molecule has 0 aromatic rings. The maximum atomic E-state index is 10.8. The molecular weight excluding hydrogens is 171 g/mol.